The highest BCUT2D eigenvalue weighted by Gasteiger charge is 2.24. The van der Waals surface area contributed by atoms with Crippen LogP contribution in [0, 0.1) is 13.8 Å². The van der Waals surface area contributed by atoms with E-state index in [1.807, 2.05) is 6.92 Å². The topological polar surface area (TPSA) is 62.8 Å². The van der Waals surface area contributed by atoms with Gasteiger partial charge in [0.15, 0.2) is 11.4 Å². The predicted molar refractivity (Wildman–Crippen MR) is 147 cm³/mol. The number of hydrogen-bond acceptors (Lipinski definition) is 4. The van der Waals surface area contributed by atoms with E-state index < -0.39 is 0 Å². The first-order valence-corrected chi connectivity index (χ1v) is 13.1. The molecule has 0 bridgehead atoms. The zero-order valence-corrected chi connectivity index (χ0v) is 21.4. The second kappa shape index (κ2) is 9.52. The summed E-state index contributed by atoms with van der Waals surface area (Å²) in [6, 6.07) is 20.8. The lowest BCUT2D eigenvalue weighted by molar-refractivity contribution is 0.254. The quantitative estimate of drug-likeness (QED) is 0.369. The van der Waals surface area contributed by atoms with Gasteiger partial charge in [-0.05, 0) is 62.1 Å². The van der Waals surface area contributed by atoms with Crippen LogP contribution in [-0.4, -0.2) is 37.0 Å². The molecule has 6 rings (SSSR count). The van der Waals surface area contributed by atoms with Crippen molar-refractivity contribution in [2.24, 2.45) is 0 Å². The van der Waals surface area contributed by atoms with Gasteiger partial charge in [0.2, 0.25) is 0 Å². The molecule has 0 unspecified atom stereocenters. The van der Waals surface area contributed by atoms with Crippen LogP contribution in [0.3, 0.4) is 0 Å². The molecule has 6 nitrogen and oxygen atoms in total. The van der Waals surface area contributed by atoms with Gasteiger partial charge in [0.1, 0.15) is 0 Å². The summed E-state index contributed by atoms with van der Waals surface area (Å²) < 4.78 is 3.99. The van der Waals surface area contributed by atoms with E-state index in [2.05, 4.69) is 69.9 Å². The maximum Gasteiger partial charge on any atom is 0.261 e. The molecule has 1 N–H and O–H groups in total. The van der Waals surface area contributed by atoms with Gasteiger partial charge in [0.25, 0.3) is 5.56 Å². The zero-order chi connectivity index (χ0) is 25.5. The molecule has 0 saturated carbocycles. The normalized spacial score (nSPS) is 13.9. The van der Waals surface area contributed by atoms with Crippen LogP contribution in [0.2, 0.25) is 0 Å². The molecule has 0 amide bonds. The molecule has 5 aromatic rings. The van der Waals surface area contributed by atoms with Gasteiger partial charge in [-0.2, -0.15) is 0 Å². The molecular formula is C31H32N4O2. The van der Waals surface area contributed by atoms with E-state index in [4.69, 9.17) is 0 Å². The van der Waals surface area contributed by atoms with Crippen molar-refractivity contribution >= 4 is 16.6 Å². The molecule has 1 aliphatic rings. The first-order valence-electron chi connectivity index (χ1n) is 13.1. The van der Waals surface area contributed by atoms with E-state index >= 15 is 0 Å². The minimum absolute atomic E-state index is 0.0248. The molecule has 0 radical (unpaired) electrons. The van der Waals surface area contributed by atoms with Crippen molar-refractivity contribution in [3.8, 4) is 5.75 Å². The maximum absolute atomic E-state index is 13.2. The molecule has 6 heteroatoms. The lowest BCUT2D eigenvalue weighted by Gasteiger charge is -2.28. The Morgan fingerprint density at radius 3 is 2.65 bits per heavy atom. The fourth-order valence-corrected chi connectivity index (χ4v) is 5.80. The van der Waals surface area contributed by atoms with Crippen LogP contribution in [0.4, 0.5) is 0 Å². The third kappa shape index (κ3) is 4.31. The average Bonchev–Trinajstić information content (AvgIpc) is 3.20. The van der Waals surface area contributed by atoms with Gasteiger partial charge in [-0.25, -0.2) is 4.98 Å². The number of aromatic hydroxyl groups is 1. The lowest BCUT2D eigenvalue weighted by Crippen LogP contribution is -2.34. The van der Waals surface area contributed by atoms with Crippen molar-refractivity contribution in [3.63, 3.8) is 0 Å². The first-order chi connectivity index (χ1) is 18.0. The van der Waals surface area contributed by atoms with E-state index in [1.54, 1.807) is 18.3 Å². The van der Waals surface area contributed by atoms with Crippen molar-refractivity contribution in [1.29, 1.82) is 0 Å². The molecular weight excluding hydrogens is 460 g/mol. The highest BCUT2D eigenvalue weighted by atomic mass is 16.3. The zero-order valence-electron chi connectivity index (χ0n) is 21.4. The third-order valence-corrected chi connectivity index (χ3v) is 7.77. The number of rotatable bonds is 6. The third-order valence-electron chi connectivity index (χ3n) is 7.77. The van der Waals surface area contributed by atoms with Crippen LogP contribution in [0.5, 0.6) is 5.75 Å². The Balaban J connectivity index is 1.26. The predicted octanol–water partition coefficient (Wildman–Crippen LogP) is 4.82. The van der Waals surface area contributed by atoms with Gasteiger partial charge < -0.3 is 9.67 Å². The Bertz CT molecular complexity index is 1670. The van der Waals surface area contributed by atoms with Gasteiger partial charge >= 0.3 is 0 Å². The standard InChI is InChI=1S/C31H32N4O2/c1-21-10-11-27-25(19-21)26-20-33(17-14-28(26)34(27)18-12-23-7-4-3-5-8-23)16-13-24-22(2)32-30-29(36)9-6-15-35(30)31(24)37/h3-11,15,19,36H,12-14,16-18,20H2,1-2H3. The molecule has 4 heterocycles. The summed E-state index contributed by atoms with van der Waals surface area (Å²) in [6.45, 7) is 7.65. The first kappa shape index (κ1) is 23.5. The molecule has 1 aliphatic heterocycles. The van der Waals surface area contributed by atoms with Crippen LogP contribution in [0.25, 0.3) is 16.6 Å². The van der Waals surface area contributed by atoms with Gasteiger partial charge in [0.05, 0.1) is 0 Å². The number of nitrogens with zero attached hydrogens (tertiary/aromatic N) is 4. The molecule has 188 valence electrons. The number of benzene rings is 2. The van der Waals surface area contributed by atoms with Crippen LogP contribution in [-0.2, 0) is 32.4 Å². The van der Waals surface area contributed by atoms with E-state index in [0.29, 0.717) is 17.8 Å². The molecule has 0 atom stereocenters. The summed E-state index contributed by atoms with van der Waals surface area (Å²) in [4.78, 5) is 20.2. The number of aryl methyl sites for hydroxylation is 4. The van der Waals surface area contributed by atoms with E-state index in [-0.39, 0.29) is 11.3 Å². The number of hydrogen-bond donors (Lipinski definition) is 1. The van der Waals surface area contributed by atoms with Crippen LogP contribution >= 0.6 is 0 Å². The fraction of sp³-hybridized carbons (Fsp3) is 0.290. The number of fused-ring (bicyclic) bond motifs is 4. The number of pyridine rings is 1. The van der Waals surface area contributed by atoms with Gasteiger partial charge in [0, 0.05) is 66.7 Å². The highest BCUT2D eigenvalue weighted by Crippen LogP contribution is 2.32. The van der Waals surface area contributed by atoms with Crippen molar-refractivity contribution in [2.75, 3.05) is 13.1 Å². The monoisotopic (exact) mass is 492 g/mol. The summed E-state index contributed by atoms with van der Waals surface area (Å²) in [6.07, 6.45) is 4.33. The minimum atomic E-state index is -0.0933. The van der Waals surface area contributed by atoms with Crippen LogP contribution in [0.15, 0.2) is 71.7 Å². The number of aromatic nitrogens is 3. The largest absolute Gasteiger partial charge is 0.504 e. The van der Waals surface area contributed by atoms with Gasteiger partial charge in [-0.3, -0.25) is 14.1 Å². The van der Waals surface area contributed by atoms with E-state index in [0.717, 1.165) is 44.6 Å². The minimum Gasteiger partial charge on any atom is -0.504 e. The van der Waals surface area contributed by atoms with Crippen LogP contribution in [0.1, 0.15) is 33.6 Å². The van der Waals surface area contributed by atoms with Crippen molar-refractivity contribution in [3.05, 3.63) is 111 Å². The highest BCUT2D eigenvalue weighted by molar-refractivity contribution is 5.86. The molecule has 3 aromatic heterocycles. The molecule has 0 spiro atoms. The molecule has 0 saturated heterocycles. The summed E-state index contributed by atoms with van der Waals surface area (Å²) >= 11 is 0. The van der Waals surface area contributed by atoms with E-state index in [9.17, 15) is 9.90 Å². The Kier molecular flexibility index (Phi) is 6.05. The Morgan fingerprint density at radius 2 is 1.81 bits per heavy atom. The average molecular weight is 493 g/mol. The smallest absolute Gasteiger partial charge is 0.261 e. The van der Waals surface area contributed by atoms with Gasteiger partial charge in [-0.15, -0.1) is 0 Å². The molecule has 0 fully saturated rings. The maximum atomic E-state index is 13.2. The molecule has 2 aromatic carbocycles. The van der Waals surface area contributed by atoms with E-state index in [1.165, 1.54) is 37.7 Å². The summed E-state index contributed by atoms with van der Waals surface area (Å²) in [5.41, 5.74) is 8.47. The second-order valence-corrected chi connectivity index (χ2v) is 10.2. The molecule has 37 heavy (non-hydrogen) atoms. The Hall–Kier alpha value is -3.90. The summed E-state index contributed by atoms with van der Waals surface area (Å²) in [5, 5.41) is 11.5. The summed E-state index contributed by atoms with van der Waals surface area (Å²) in [5.74, 6) is 0.0248. The van der Waals surface area contributed by atoms with Gasteiger partial charge in [-0.1, -0.05) is 42.0 Å². The Labute approximate surface area is 216 Å². The lowest BCUT2D eigenvalue weighted by atomic mass is 10.0. The summed E-state index contributed by atoms with van der Waals surface area (Å²) in [7, 11) is 0. The van der Waals surface area contributed by atoms with Crippen molar-refractivity contribution in [2.45, 2.75) is 46.2 Å². The fourth-order valence-electron chi connectivity index (χ4n) is 5.80. The Morgan fingerprint density at radius 1 is 0.973 bits per heavy atom. The van der Waals surface area contributed by atoms with Crippen molar-refractivity contribution in [1.82, 2.24) is 18.9 Å². The molecule has 0 aliphatic carbocycles. The van der Waals surface area contributed by atoms with Crippen LogP contribution < -0.4 is 5.56 Å². The van der Waals surface area contributed by atoms with Crippen molar-refractivity contribution < 1.29 is 5.11 Å². The second-order valence-electron chi connectivity index (χ2n) is 10.2. The SMILES string of the molecule is Cc1ccc2c(c1)c1c(n2CCc2ccccc2)CCN(CCc2c(C)nc3c(O)cccn3c2=O)C1.